The van der Waals surface area contributed by atoms with E-state index >= 15 is 0 Å². The number of rotatable bonds is 4. The molecule has 0 spiro atoms. The van der Waals surface area contributed by atoms with E-state index < -0.39 is 39.2 Å². The van der Waals surface area contributed by atoms with E-state index in [0.29, 0.717) is 11.1 Å². The van der Waals surface area contributed by atoms with Crippen molar-refractivity contribution in [2.75, 3.05) is 11.9 Å². The molecule has 0 aliphatic carbocycles. The van der Waals surface area contributed by atoms with Crippen LogP contribution >= 0.6 is 0 Å². The van der Waals surface area contributed by atoms with Gasteiger partial charge in [-0.05, 0) is 23.3 Å². The molecule has 0 saturated heterocycles. The molecule has 1 aliphatic heterocycles. The van der Waals surface area contributed by atoms with Gasteiger partial charge in [-0.15, -0.1) is 0 Å². The van der Waals surface area contributed by atoms with E-state index in [1.54, 1.807) is 18.2 Å². The predicted molar refractivity (Wildman–Crippen MR) is 95.3 cm³/mol. The lowest BCUT2D eigenvalue weighted by Gasteiger charge is -2.21. The van der Waals surface area contributed by atoms with Crippen molar-refractivity contribution >= 4 is 27.7 Å². The molecule has 0 fully saturated rings. The van der Waals surface area contributed by atoms with Crippen LogP contribution in [0.1, 0.15) is 33.8 Å². The summed E-state index contributed by atoms with van der Waals surface area (Å²) in [5.41, 5.74) is -4.55. The molecule has 2 aromatic rings. The zero-order chi connectivity index (χ0) is 21.6. The standard InChI is InChI=1S/C18H14F3NO6S/c1-22-15-8-10(28-29(26,27)18(19,20)21)6-7-12(15)14(9-16(23)24)11-4-2-3-5-13(11)17(22)25/h2-8,14H,9H2,1H3,(H,23,24). The molecule has 7 nitrogen and oxygen atoms in total. The van der Waals surface area contributed by atoms with Crippen molar-refractivity contribution < 1.29 is 40.5 Å². The normalized spacial score (nSPS) is 16.6. The molecule has 0 saturated carbocycles. The topological polar surface area (TPSA) is 101 Å². The number of carboxylic acids is 1. The molecule has 29 heavy (non-hydrogen) atoms. The molecule has 1 unspecified atom stereocenters. The van der Waals surface area contributed by atoms with Crippen LogP contribution in [0.15, 0.2) is 42.5 Å². The first-order chi connectivity index (χ1) is 13.4. The molecule has 1 N–H and O–H groups in total. The maximum Gasteiger partial charge on any atom is 0.534 e. The van der Waals surface area contributed by atoms with Gasteiger partial charge in [0.2, 0.25) is 0 Å². The number of fused-ring (bicyclic) bond motifs is 2. The first kappa shape index (κ1) is 20.6. The molecule has 1 amide bonds. The molecule has 0 radical (unpaired) electrons. The van der Waals surface area contributed by atoms with Crippen molar-refractivity contribution in [3.8, 4) is 5.75 Å². The Morgan fingerprint density at radius 3 is 2.45 bits per heavy atom. The largest absolute Gasteiger partial charge is 0.534 e. The molecule has 1 heterocycles. The number of nitrogens with zero attached hydrogens (tertiary/aromatic N) is 1. The van der Waals surface area contributed by atoms with E-state index in [0.717, 1.165) is 17.0 Å². The minimum absolute atomic E-state index is 0.0484. The van der Waals surface area contributed by atoms with Gasteiger partial charge in [-0.1, -0.05) is 24.3 Å². The number of carbonyl (C=O) groups is 2. The summed E-state index contributed by atoms with van der Waals surface area (Å²) in [5, 5.41) is 9.31. The molecule has 0 bridgehead atoms. The highest BCUT2D eigenvalue weighted by molar-refractivity contribution is 7.88. The second-order valence-corrected chi connectivity index (χ2v) is 7.84. The summed E-state index contributed by atoms with van der Waals surface area (Å²) < 4.78 is 64.5. The molecule has 154 valence electrons. The van der Waals surface area contributed by atoms with Crippen LogP contribution < -0.4 is 9.08 Å². The Balaban J connectivity index is 2.16. The number of aliphatic carboxylic acids is 1. The minimum Gasteiger partial charge on any atom is -0.481 e. The van der Waals surface area contributed by atoms with Crippen molar-refractivity contribution in [3.05, 3.63) is 59.2 Å². The highest BCUT2D eigenvalue weighted by Crippen LogP contribution is 2.42. The average Bonchev–Trinajstić information content (AvgIpc) is 2.70. The zero-order valence-electron chi connectivity index (χ0n) is 14.8. The van der Waals surface area contributed by atoms with E-state index in [1.165, 1.54) is 19.2 Å². The Bertz CT molecular complexity index is 1100. The monoisotopic (exact) mass is 429 g/mol. The summed E-state index contributed by atoms with van der Waals surface area (Å²) in [5.74, 6) is -3.10. The number of benzene rings is 2. The maximum atomic E-state index is 12.8. The summed E-state index contributed by atoms with van der Waals surface area (Å²) in [6.45, 7) is 0. The Hall–Kier alpha value is -3.08. The minimum atomic E-state index is -5.90. The van der Waals surface area contributed by atoms with Crippen molar-refractivity contribution in [2.45, 2.75) is 17.8 Å². The molecular formula is C18H14F3NO6S. The maximum absolute atomic E-state index is 12.8. The van der Waals surface area contributed by atoms with Gasteiger partial charge < -0.3 is 14.2 Å². The predicted octanol–water partition coefficient (Wildman–Crippen LogP) is 3.11. The number of carbonyl (C=O) groups excluding carboxylic acids is 1. The molecule has 2 aromatic carbocycles. The third-order valence-corrected chi connectivity index (χ3v) is 5.46. The SMILES string of the molecule is CN1C(=O)c2ccccc2C(CC(=O)O)c2ccc(OS(=O)(=O)C(F)(F)F)cc21. The molecule has 0 aromatic heterocycles. The Morgan fingerprint density at radius 1 is 1.17 bits per heavy atom. The molecule has 3 rings (SSSR count). The third-order valence-electron chi connectivity index (χ3n) is 4.48. The van der Waals surface area contributed by atoms with Gasteiger partial charge >= 0.3 is 21.6 Å². The summed E-state index contributed by atoms with van der Waals surface area (Å²) in [6, 6.07) is 9.57. The highest BCUT2D eigenvalue weighted by Gasteiger charge is 2.48. The molecule has 11 heteroatoms. The smallest absolute Gasteiger partial charge is 0.481 e. The lowest BCUT2D eigenvalue weighted by atomic mass is 9.86. The lowest BCUT2D eigenvalue weighted by Crippen LogP contribution is -2.28. The van der Waals surface area contributed by atoms with E-state index in [2.05, 4.69) is 4.18 Å². The fraction of sp³-hybridized carbons (Fsp3) is 0.222. The van der Waals surface area contributed by atoms with Crippen LogP contribution in [0.5, 0.6) is 5.75 Å². The molecule has 1 aliphatic rings. The number of hydrogen-bond donors (Lipinski definition) is 1. The Morgan fingerprint density at radius 2 is 1.83 bits per heavy atom. The fourth-order valence-electron chi connectivity index (χ4n) is 3.18. The van der Waals surface area contributed by atoms with E-state index in [1.807, 2.05) is 0 Å². The van der Waals surface area contributed by atoms with Crippen molar-refractivity contribution in [2.24, 2.45) is 0 Å². The van der Waals surface area contributed by atoms with Gasteiger partial charge in [0.1, 0.15) is 5.75 Å². The number of halogens is 3. The fourth-order valence-corrected chi connectivity index (χ4v) is 3.63. The Labute approximate surface area is 163 Å². The van der Waals surface area contributed by atoms with Crippen LogP contribution in [-0.2, 0) is 14.9 Å². The second kappa shape index (κ2) is 7.07. The van der Waals surface area contributed by atoms with Crippen molar-refractivity contribution in [3.63, 3.8) is 0 Å². The van der Waals surface area contributed by atoms with Gasteiger partial charge in [-0.25, -0.2) is 0 Å². The number of anilines is 1. The zero-order valence-corrected chi connectivity index (χ0v) is 15.6. The van der Waals surface area contributed by atoms with Crippen LogP contribution in [0, 0.1) is 0 Å². The number of amides is 1. The summed E-state index contributed by atoms with van der Waals surface area (Å²) in [6.07, 6.45) is -0.383. The highest BCUT2D eigenvalue weighted by atomic mass is 32.2. The Kier molecular flexibility index (Phi) is 5.03. The van der Waals surface area contributed by atoms with Crippen molar-refractivity contribution in [1.82, 2.24) is 0 Å². The lowest BCUT2D eigenvalue weighted by molar-refractivity contribution is -0.137. The number of carboxylic acid groups (broad SMARTS) is 1. The van der Waals surface area contributed by atoms with Crippen molar-refractivity contribution in [1.29, 1.82) is 0 Å². The van der Waals surface area contributed by atoms with Gasteiger partial charge in [0, 0.05) is 24.6 Å². The average molecular weight is 429 g/mol. The summed E-state index contributed by atoms with van der Waals surface area (Å²) >= 11 is 0. The van der Waals surface area contributed by atoms with Gasteiger partial charge in [0.25, 0.3) is 5.91 Å². The van der Waals surface area contributed by atoms with E-state index in [4.69, 9.17) is 0 Å². The summed E-state index contributed by atoms with van der Waals surface area (Å²) in [7, 11) is -4.55. The van der Waals surface area contributed by atoms with Gasteiger partial charge in [0.15, 0.2) is 0 Å². The number of alkyl halides is 3. The van der Waals surface area contributed by atoms with Crippen LogP contribution in [0.4, 0.5) is 18.9 Å². The first-order valence-corrected chi connectivity index (χ1v) is 9.56. The first-order valence-electron chi connectivity index (χ1n) is 8.16. The van der Waals surface area contributed by atoms with Gasteiger partial charge in [0.05, 0.1) is 12.1 Å². The van der Waals surface area contributed by atoms with Crippen LogP contribution in [-0.4, -0.2) is 38.0 Å². The van der Waals surface area contributed by atoms with E-state index in [-0.39, 0.29) is 17.7 Å². The molecular weight excluding hydrogens is 415 g/mol. The third kappa shape index (κ3) is 3.77. The van der Waals surface area contributed by atoms with Crippen LogP contribution in [0.2, 0.25) is 0 Å². The number of hydrogen-bond acceptors (Lipinski definition) is 5. The quantitative estimate of drug-likeness (QED) is 0.592. The van der Waals surface area contributed by atoms with Gasteiger partial charge in [-0.3, -0.25) is 9.59 Å². The van der Waals surface area contributed by atoms with E-state index in [9.17, 15) is 36.3 Å². The van der Waals surface area contributed by atoms with Crippen LogP contribution in [0.25, 0.3) is 0 Å². The summed E-state index contributed by atoms with van der Waals surface area (Å²) in [4.78, 5) is 25.3. The molecule has 1 atom stereocenters. The second-order valence-electron chi connectivity index (χ2n) is 6.31. The van der Waals surface area contributed by atoms with Crippen LogP contribution in [0.3, 0.4) is 0 Å². The van der Waals surface area contributed by atoms with Gasteiger partial charge in [-0.2, -0.15) is 21.6 Å².